The Morgan fingerprint density at radius 3 is 2.44 bits per heavy atom. The summed E-state index contributed by atoms with van der Waals surface area (Å²) in [5.41, 5.74) is -1.77. The molecule has 0 spiro atoms. The number of hydrogen-bond donors (Lipinski definition) is 4. The molecular formula is C23H17F4N5O2. The predicted molar refractivity (Wildman–Crippen MR) is 118 cm³/mol. The molecular weight excluding hydrogens is 454 g/mol. The Labute approximate surface area is 188 Å². The van der Waals surface area contributed by atoms with Crippen molar-refractivity contribution in [3.63, 3.8) is 0 Å². The molecule has 11 heteroatoms. The van der Waals surface area contributed by atoms with E-state index in [2.05, 4.69) is 20.4 Å². The Hall–Kier alpha value is -4.12. The summed E-state index contributed by atoms with van der Waals surface area (Å²) in [6.07, 6.45) is -3.62. The first-order valence-corrected chi connectivity index (χ1v) is 10.1. The molecule has 7 nitrogen and oxygen atoms in total. The van der Waals surface area contributed by atoms with E-state index in [-0.39, 0.29) is 11.3 Å². The van der Waals surface area contributed by atoms with Crippen LogP contribution < -0.4 is 11.0 Å². The van der Waals surface area contributed by atoms with Crippen LogP contribution in [0.25, 0.3) is 27.6 Å². The summed E-state index contributed by atoms with van der Waals surface area (Å²) < 4.78 is 56.9. The summed E-state index contributed by atoms with van der Waals surface area (Å²) in [5, 5.41) is 18.0. The topological polar surface area (TPSA) is 98.7 Å². The highest BCUT2D eigenvalue weighted by molar-refractivity contribution is 5.81. The van der Waals surface area contributed by atoms with Gasteiger partial charge in [0.05, 0.1) is 35.0 Å². The second kappa shape index (κ2) is 7.73. The van der Waals surface area contributed by atoms with Gasteiger partial charge in [0.15, 0.2) is 0 Å². The van der Waals surface area contributed by atoms with Crippen LogP contribution in [0.2, 0.25) is 0 Å². The minimum Gasteiger partial charge on any atom is -0.381 e. The zero-order chi connectivity index (χ0) is 24.1. The Morgan fingerprint density at radius 1 is 0.971 bits per heavy atom. The second-order valence-electron chi connectivity index (χ2n) is 7.86. The van der Waals surface area contributed by atoms with Gasteiger partial charge in [0, 0.05) is 11.1 Å². The molecule has 1 unspecified atom stereocenters. The Balaban J connectivity index is 1.48. The van der Waals surface area contributed by atoms with E-state index in [4.69, 9.17) is 0 Å². The number of nitrogens with one attached hydrogen (secondary N) is 3. The highest BCUT2D eigenvalue weighted by Gasteiger charge is 2.55. The molecule has 1 atom stereocenters. The monoisotopic (exact) mass is 471 g/mol. The first kappa shape index (κ1) is 21.7. The largest absolute Gasteiger partial charge is 0.423 e. The molecule has 0 fully saturated rings. The highest BCUT2D eigenvalue weighted by atomic mass is 19.4. The quantitative estimate of drug-likeness (QED) is 0.289. The molecule has 0 saturated heterocycles. The maximum absolute atomic E-state index is 14.1. The van der Waals surface area contributed by atoms with Crippen LogP contribution in [0.5, 0.6) is 0 Å². The van der Waals surface area contributed by atoms with Crippen LogP contribution in [0.3, 0.4) is 0 Å². The molecule has 5 aromatic rings. The fourth-order valence-corrected chi connectivity index (χ4v) is 3.82. The second-order valence-corrected chi connectivity index (χ2v) is 7.86. The van der Waals surface area contributed by atoms with Crippen molar-refractivity contribution < 1.29 is 22.7 Å². The first-order valence-electron chi connectivity index (χ1n) is 10.1. The van der Waals surface area contributed by atoms with Gasteiger partial charge in [-0.1, -0.05) is 6.07 Å². The number of halogens is 4. The van der Waals surface area contributed by atoms with Crippen molar-refractivity contribution in [2.45, 2.75) is 11.8 Å². The first-order chi connectivity index (χ1) is 16.1. The molecule has 3 aromatic carbocycles. The number of rotatable bonds is 5. The van der Waals surface area contributed by atoms with Gasteiger partial charge in [-0.15, -0.1) is 0 Å². The van der Waals surface area contributed by atoms with Gasteiger partial charge in [-0.3, -0.25) is 0 Å². The van der Waals surface area contributed by atoms with Crippen LogP contribution in [0.15, 0.2) is 71.7 Å². The minimum absolute atomic E-state index is 0.288. The summed E-state index contributed by atoms with van der Waals surface area (Å²) in [4.78, 5) is 16.5. The third kappa shape index (κ3) is 3.69. The van der Waals surface area contributed by atoms with Crippen LogP contribution in [-0.4, -0.2) is 37.6 Å². The summed E-state index contributed by atoms with van der Waals surface area (Å²) >= 11 is 0. The van der Waals surface area contributed by atoms with E-state index in [1.54, 1.807) is 0 Å². The lowest BCUT2D eigenvalue weighted by Crippen LogP contribution is -2.47. The van der Waals surface area contributed by atoms with Crippen molar-refractivity contribution in [3.8, 4) is 5.69 Å². The van der Waals surface area contributed by atoms with Gasteiger partial charge < -0.3 is 20.4 Å². The smallest absolute Gasteiger partial charge is 0.381 e. The Morgan fingerprint density at radius 2 is 1.71 bits per heavy atom. The van der Waals surface area contributed by atoms with E-state index >= 15 is 0 Å². The normalized spacial score (nSPS) is 13.9. The van der Waals surface area contributed by atoms with Crippen molar-refractivity contribution in [1.29, 1.82) is 0 Å². The molecule has 0 aliphatic heterocycles. The zero-order valence-corrected chi connectivity index (χ0v) is 17.3. The van der Waals surface area contributed by atoms with E-state index in [0.29, 0.717) is 27.6 Å². The van der Waals surface area contributed by atoms with E-state index in [9.17, 15) is 27.5 Å². The van der Waals surface area contributed by atoms with E-state index < -0.39 is 29.8 Å². The molecule has 0 aliphatic rings. The van der Waals surface area contributed by atoms with Gasteiger partial charge in [0.25, 0.3) is 0 Å². The van der Waals surface area contributed by atoms with E-state index in [0.717, 1.165) is 0 Å². The molecule has 34 heavy (non-hydrogen) atoms. The number of H-pyrrole nitrogens is 2. The van der Waals surface area contributed by atoms with Gasteiger partial charge in [-0.25, -0.2) is 13.9 Å². The molecule has 4 N–H and O–H groups in total. The summed E-state index contributed by atoms with van der Waals surface area (Å²) in [5.74, 6) is -0.424. The average Bonchev–Trinajstić information content (AvgIpc) is 3.38. The lowest BCUT2D eigenvalue weighted by molar-refractivity contribution is -0.260. The molecule has 2 heterocycles. The van der Waals surface area contributed by atoms with Gasteiger partial charge >= 0.3 is 11.9 Å². The van der Waals surface area contributed by atoms with E-state index in [1.165, 1.54) is 71.5 Å². The molecule has 0 radical (unpaired) electrons. The van der Waals surface area contributed by atoms with Crippen LogP contribution in [0.4, 0.5) is 23.2 Å². The maximum Gasteiger partial charge on any atom is 0.423 e. The molecule has 0 aliphatic carbocycles. The van der Waals surface area contributed by atoms with Crippen molar-refractivity contribution in [2.75, 3.05) is 11.9 Å². The van der Waals surface area contributed by atoms with Crippen molar-refractivity contribution in [2.24, 2.45) is 0 Å². The lowest BCUT2D eigenvalue weighted by atomic mass is 9.92. The van der Waals surface area contributed by atoms with Crippen LogP contribution in [0.1, 0.15) is 5.56 Å². The fourth-order valence-electron chi connectivity index (χ4n) is 3.82. The SMILES string of the molecule is O=c1[nH]c2ccc(NCC(O)(c3ccc4c(cnn4-c4ccc(F)cc4)c3)C(F)(F)F)cc2[nH]1. The predicted octanol–water partition coefficient (Wildman–Crippen LogP) is 4.20. The van der Waals surface area contributed by atoms with Crippen LogP contribution in [-0.2, 0) is 5.60 Å². The Bertz CT molecular complexity index is 1550. The van der Waals surface area contributed by atoms with Gasteiger partial charge in [0.1, 0.15) is 5.82 Å². The summed E-state index contributed by atoms with van der Waals surface area (Å²) in [7, 11) is 0. The number of anilines is 1. The standard InChI is InChI=1S/C23H17F4N5O2/c24-15-2-5-17(6-3-15)32-20-8-1-14(9-13(20)11-29-32)22(34,23(25,26)27)12-28-16-4-7-18-19(10-16)31-21(33)30-18/h1-11,28,34H,12H2,(H2,30,31,33). The third-order valence-electron chi connectivity index (χ3n) is 5.65. The average molecular weight is 471 g/mol. The van der Waals surface area contributed by atoms with Crippen molar-refractivity contribution in [1.82, 2.24) is 19.7 Å². The molecule has 174 valence electrons. The van der Waals surface area contributed by atoms with Gasteiger partial charge in [-0.2, -0.15) is 18.3 Å². The Kier molecular flexibility index (Phi) is 4.94. The molecule has 0 bridgehead atoms. The number of imidazole rings is 1. The molecule has 2 aromatic heterocycles. The summed E-state index contributed by atoms with van der Waals surface area (Å²) in [6.45, 7) is -0.867. The number of aromatic nitrogens is 4. The number of alkyl halides is 3. The van der Waals surface area contributed by atoms with Gasteiger partial charge in [0.2, 0.25) is 5.60 Å². The van der Waals surface area contributed by atoms with E-state index in [1.807, 2.05) is 0 Å². The number of nitrogens with zero attached hydrogens (tertiary/aromatic N) is 2. The number of hydrogen-bond acceptors (Lipinski definition) is 4. The third-order valence-corrected chi connectivity index (χ3v) is 5.65. The zero-order valence-electron chi connectivity index (χ0n) is 17.3. The van der Waals surface area contributed by atoms with Crippen molar-refractivity contribution >= 4 is 27.6 Å². The van der Waals surface area contributed by atoms with Crippen LogP contribution in [0, 0.1) is 5.82 Å². The molecule has 0 amide bonds. The lowest BCUT2D eigenvalue weighted by Gasteiger charge is -2.31. The number of aliphatic hydroxyl groups is 1. The summed E-state index contributed by atoms with van der Waals surface area (Å²) in [6, 6.07) is 13.9. The van der Waals surface area contributed by atoms with Crippen LogP contribution >= 0.6 is 0 Å². The molecule has 0 saturated carbocycles. The fraction of sp³-hybridized carbons (Fsp3) is 0.130. The maximum atomic E-state index is 14.1. The van der Waals surface area contributed by atoms with Gasteiger partial charge in [-0.05, 0) is 60.2 Å². The number of fused-ring (bicyclic) bond motifs is 2. The number of benzene rings is 3. The minimum atomic E-state index is -4.99. The van der Waals surface area contributed by atoms with Crippen molar-refractivity contribution in [3.05, 3.63) is 88.7 Å². The number of aromatic amines is 2. The highest BCUT2D eigenvalue weighted by Crippen LogP contribution is 2.40. The molecule has 5 rings (SSSR count).